The Morgan fingerprint density at radius 3 is 2.24 bits per heavy atom. The maximum Gasteiger partial charge on any atom is 0.167 e. The number of carbonyl (C=O) groups is 1. The number of rotatable bonds is 9. The first-order valence-electron chi connectivity index (χ1n) is 7.08. The van der Waals surface area contributed by atoms with Crippen molar-refractivity contribution >= 4 is 5.78 Å². The largest absolute Gasteiger partial charge is 0.367 e. The highest BCUT2D eigenvalue weighted by Gasteiger charge is 2.33. The third-order valence-corrected chi connectivity index (χ3v) is 3.63. The Hall–Kier alpha value is -0.370. The van der Waals surface area contributed by atoms with E-state index in [1.54, 1.807) is 0 Å². The highest BCUT2D eigenvalue weighted by atomic mass is 16.5. The molecule has 2 nitrogen and oxygen atoms in total. The lowest BCUT2D eigenvalue weighted by Crippen LogP contribution is -2.37. The molecule has 17 heavy (non-hydrogen) atoms. The Morgan fingerprint density at radius 1 is 1.24 bits per heavy atom. The van der Waals surface area contributed by atoms with Crippen LogP contribution in [-0.2, 0) is 9.53 Å². The number of ketones is 1. The van der Waals surface area contributed by atoms with Crippen molar-refractivity contribution in [3.8, 4) is 0 Å². The van der Waals surface area contributed by atoms with Gasteiger partial charge in [0.05, 0.1) is 6.10 Å². The summed E-state index contributed by atoms with van der Waals surface area (Å²) >= 11 is 0. The Morgan fingerprint density at radius 2 is 1.82 bits per heavy atom. The number of hydrogen-bond acceptors (Lipinski definition) is 2. The summed E-state index contributed by atoms with van der Waals surface area (Å²) in [7, 11) is 0. The summed E-state index contributed by atoms with van der Waals surface area (Å²) in [4.78, 5) is 12.4. The molecule has 0 aromatic rings. The molecule has 0 aliphatic heterocycles. The zero-order chi connectivity index (χ0) is 13.5. The normalized spacial score (nSPS) is 15.6. The molecule has 2 atom stereocenters. The molecule has 0 saturated carbocycles. The van der Waals surface area contributed by atoms with E-state index >= 15 is 0 Å². The van der Waals surface area contributed by atoms with E-state index in [0.717, 1.165) is 32.1 Å². The van der Waals surface area contributed by atoms with E-state index < -0.39 is 0 Å². The van der Waals surface area contributed by atoms with Crippen molar-refractivity contribution in [1.29, 1.82) is 0 Å². The predicted molar refractivity (Wildman–Crippen MR) is 73.2 cm³/mol. The Balaban J connectivity index is 4.61. The van der Waals surface area contributed by atoms with Gasteiger partial charge in [-0.1, -0.05) is 47.5 Å². The van der Waals surface area contributed by atoms with Crippen LogP contribution in [0.5, 0.6) is 0 Å². The maximum atomic E-state index is 12.4. The van der Waals surface area contributed by atoms with Gasteiger partial charge in [-0.15, -0.1) is 0 Å². The molecule has 0 aromatic heterocycles. The van der Waals surface area contributed by atoms with Gasteiger partial charge in [-0.2, -0.15) is 0 Å². The summed E-state index contributed by atoms with van der Waals surface area (Å²) in [6, 6.07) is 0. The number of ether oxygens (including phenoxy) is 1. The smallest absolute Gasteiger partial charge is 0.167 e. The van der Waals surface area contributed by atoms with Crippen LogP contribution in [0.4, 0.5) is 0 Å². The Labute approximate surface area is 107 Å². The fourth-order valence-corrected chi connectivity index (χ4v) is 1.64. The molecule has 2 heteroatoms. The van der Waals surface area contributed by atoms with E-state index in [-0.39, 0.29) is 23.4 Å². The van der Waals surface area contributed by atoms with Gasteiger partial charge >= 0.3 is 0 Å². The minimum absolute atomic E-state index is 0.175. The van der Waals surface area contributed by atoms with Crippen LogP contribution in [0.2, 0.25) is 0 Å². The van der Waals surface area contributed by atoms with E-state index in [1.165, 1.54) is 0 Å². The van der Waals surface area contributed by atoms with Crippen LogP contribution in [0.25, 0.3) is 0 Å². The summed E-state index contributed by atoms with van der Waals surface area (Å²) < 4.78 is 5.90. The average Bonchev–Trinajstić information content (AvgIpc) is 2.32. The second-order valence-electron chi connectivity index (χ2n) is 5.59. The molecule has 0 fully saturated rings. The second-order valence-corrected chi connectivity index (χ2v) is 5.59. The van der Waals surface area contributed by atoms with Crippen molar-refractivity contribution in [2.75, 3.05) is 0 Å². The van der Waals surface area contributed by atoms with Crippen LogP contribution in [-0.4, -0.2) is 18.0 Å². The lowest BCUT2D eigenvalue weighted by atomic mass is 9.81. The van der Waals surface area contributed by atoms with E-state index in [4.69, 9.17) is 4.74 Å². The van der Waals surface area contributed by atoms with Crippen molar-refractivity contribution in [3.63, 3.8) is 0 Å². The Kier molecular flexibility index (Phi) is 7.69. The molecule has 0 N–H and O–H groups in total. The molecule has 0 heterocycles. The monoisotopic (exact) mass is 242 g/mol. The van der Waals surface area contributed by atoms with Gasteiger partial charge in [0.25, 0.3) is 0 Å². The molecule has 102 valence electrons. The molecule has 0 radical (unpaired) electrons. The van der Waals surface area contributed by atoms with Gasteiger partial charge in [0, 0.05) is 5.41 Å². The molecular weight excluding hydrogens is 212 g/mol. The molecule has 0 amide bonds. The van der Waals surface area contributed by atoms with Crippen molar-refractivity contribution in [1.82, 2.24) is 0 Å². The summed E-state index contributed by atoms with van der Waals surface area (Å²) in [5, 5.41) is 0. The number of Topliss-reactive ketones (excluding diaryl/α,β-unsaturated/α-hetero) is 1. The van der Waals surface area contributed by atoms with Gasteiger partial charge in [-0.25, -0.2) is 0 Å². The standard InChI is InChI=1S/C15H30O2/c1-7-10-11-13(17-12(4)8-2)14(16)15(5,6)9-3/h12-13H,7-11H2,1-6H3. The van der Waals surface area contributed by atoms with Crippen LogP contribution in [0, 0.1) is 5.41 Å². The molecule has 0 saturated heterocycles. The third kappa shape index (κ3) is 5.67. The molecule has 0 spiro atoms. The van der Waals surface area contributed by atoms with E-state index in [2.05, 4.69) is 20.8 Å². The van der Waals surface area contributed by atoms with Crippen LogP contribution in [0.1, 0.15) is 73.6 Å². The fraction of sp³-hybridized carbons (Fsp3) is 0.933. The van der Waals surface area contributed by atoms with Crippen LogP contribution in [0.15, 0.2) is 0 Å². The van der Waals surface area contributed by atoms with Gasteiger partial charge in [0.15, 0.2) is 5.78 Å². The minimum Gasteiger partial charge on any atom is -0.367 e. The van der Waals surface area contributed by atoms with Gasteiger partial charge < -0.3 is 4.74 Å². The van der Waals surface area contributed by atoms with Crippen LogP contribution in [0.3, 0.4) is 0 Å². The lowest BCUT2D eigenvalue weighted by molar-refractivity contribution is -0.143. The molecule has 0 bridgehead atoms. The topological polar surface area (TPSA) is 26.3 Å². The summed E-state index contributed by atoms with van der Waals surface area (Å²) in [6.45, 7) is 12.4. The zero-order valence-electron chi connectivity index (χ0n) is 12.5. The SMILES string of the molecule is CCCCC(OC(C)CC)C(=O)C(C)(C)CC. The van der Waals surface area contributed by atoms with Crippen LogP contribution >= 0.6 is 0 Å². The number of carbonyl (C=O) groups excluding carboxylic acids is 1. The van der Waals surface area contributed by atoms with Gasteiger partial charge in [-0.3, -0.25) is 4.79 Å². The highest BCUT2D eigenvalue weighted by molar-refractivity contribution is 5.88. The van der Waals surface area contributed by atoms with Crippen molar-refractivity contribution in [2.45, 2.75) is 85.9 Å². The summed E-state index contributed by atoms with van der Waals surface area (Å²) in [5.41, 5.74) is -0.258. The average molecular weight is 242 g/mol. The quantitative estimate of drug-likeness (QED) is 0.600. The number of unbranched alkanes of at least 4 members (excludes halogenated alkanes) is 1. The zero-order valence-corrected chi connectivity index (χ0v) is 12.5. The van der Waals surface area contributed by atoms with Gasteiger partial charge in [0.1, 0.15) is 6.10 Å². The van der Waals surface area contributed by atoms with Gasteiger partial charge in [0.2, 0.25) is 0 Å². The minimum atomic E-state index is -0.258. The molecule has 0 aliphatic carbocycles. The third-order valence-electron chi connectivity index (χ3n) is 3.63. The first-order chi connectivity index (χ1) is 7.88. The first-order valence-corrected chi connectivity index (χ1v) is 7.08. The van der Waals surface area contributed by atoms with Crippen molar-refractivity contribution < 1.29 is 9.53 Å². The second kappa shape index (κ2) is 7.86. The van der Waals surface area contributed by atoms with E-state index in [0.29, 0.717) is 0 Å². The Bertz CT molecular complexity index is 221. The van der Waals surface area contributed by atoms with E-state index in [9.17, 15) is 4.79 Å². The fourth-order valence-electron chi connectivity index (χ4n) is 1.64. The first kappa shape index (κ1) is 16.6. The van der Waals surface area contributed by atoms with Crippen molar-refractivity contribution in [2.24, 2.45) is 5.41 Å². The number of hydrogen-bond donors (Lipinski definition) is 0. The lowest BCUT2D eigenvalue weighted by Gasteiger charge is -2.29. The van der Waals surface area contributed by atoms with E-state index in [1.807, 2.05) is 20.8 Å². The molecular formula is C15H30O2. The van der Waals surface area contributed by atoms with Crippen molar-refractivity contribution in [3.05, 3.63) is 0 Å². The molecule has 0 aromatic carbocycles. The molecule has 0 aliphatic rings. The summed E-state index contributed by atoms with van der Waals surface area (Å²) in [6.07, 6.45) is 4.84. The van der Waals surface area contributed by atoms with Gasteiger partial charge in [-0.05, 0) is 26.2 Å². The summed E-state index contributed by atoms with van der Waals surface area (Å²) in [5.74, 6) is 0.272. The molecule has 2 unspecified atom stereocenters. The highest BCUT2D eigenvalue weighted by Crippen LogP contribution is 2.26. The predicted octanol–water partition coefficient (Wildman–Crippen LogP) is 4.37. The van der Waals surface area contributed by atoms with Crippen LogP contribution < -0.4 is 0 Å². The molecule has 0 rings (SSSR count). The maximum absolute atomic E-state index is 12.4.